The van der Waals surface area contributed by atoms with Gasteiger partial charge in [-0.3, -0.25) is 4.79 Å². The van der Waals surface area contributed by atoms with E-state index in [-0.39, 0.29) is 35.4 Å². The van der Waals surface area contributed by atoms with Crippen molar-refractivity contribution in [2.75, 3.05) is 0 Å². The van der Waals surface area contributed by atoms with Gasteiger partial charge in [0.1, 0.15) is 5.75 Å². The van der Waals surface area contributed by atoms with Crippen molar-refractivity contribution in [3.8, 4) is 11.8 Å². The molecule has 0 atom stereocenters. The number of halogens is 3. The highest BCUT2D eigenvalue weighted by Crippen LogP contribution is 2.35. The number of nitriles is 1. The van der Waals surface area contributed by atoms with Gasteiger partial charge in [0.2, 0.25) is 0 Å². The van der Waals surface area contributed by atoms with Crippen LogP contribution < -0.4 is 10.1 Å². The summed E-state index contributed by atoms with van der Waals surface area (Å²) in [5, 5.41) is 19.8. The largest absolute Gasteiger partial charge is 0.490 e. The third kappa shape index (κ3) is 5.72. The van der Waals surface area contributed by atoms with Crippen LogP contribution in [0.25, 0.3) is 0 Å². The average Bonchev–Trinajstić information content (AvgIpc) is 2.74. The first-order chi connectivity index (χ1) is 14.7. The van der Waals surface area contributed by atoms with Gasteiger partial charge in [-0.25, -0.2) is 0 Å². The summed E-state index contributed by atoms with van der Waals surface area (Å²) in [6.45, 7) is 3.98. The second-order valence-corrected chi connectivity index (χ2v) is 7.88. The van der Waals surface area contributed by atoms with Crippen molar-refractivity contribution in [3.63, 3.8) is 0 Å². The number of nitrogens with zero attached hydrogens (tertiary/aromatic N) is 3. The summed E-state index contributed by atoms with van der Waals surface area (Å²) in [7, 11) is 0. The molecule has 1 aromatic carbocycles. The lowest BCUT2D eigenvalue weighted by atomic mass is 9.92. The number of ether oxygens (including phenoxy) is 1. The first kappa shape index (κ1) is 22.5. The predicted octanol–water partition coefficient (Wildman–Crippen LogP) is 4.61. The first-order valence-electron chi connectivity index (χ1n) is 10.1. The van der Waals surface area contributed by atoms with Crippen molar-refractivity contribution < 1.29 is 22.7 Å². The molecular formula is C22H23F3N4O2. The Labute approximate surface area is 178 Å². The van der Waals surface area contributed by atoms with Crippen molar-refractivity contribution in [1.29, 1.82) is 5.26 Å². The van der Waals surface area contributed by atoms with E-state index in [2.05, 4.69) is 15.5 Å². The first-order valence-corrected chi connectivity index (χ1v) is 10.1. The molecule has 1 aliphatic rings. The van der Waals surface area contributed by atoms with Gasteiger partial charge in [-0.1, -0.05) is 13.8 Å². The van der Waals surface area contributed by atoms with E-state index in [0.717, 1.165) is 17.8 Å². The molecule has 9 heteroatoms. The molecule has 1 aromatic heterocycles. The summed E-state index contributed by atoms with van der Waals surface area (Å²) in [6.07, 6.45) is -2.43. The lowest BCUT2D eigenvalue weighted by Gasteiger charge is -2.29. The summed E-state index contributed by atoms with van der Waals surface area (Å²) >= 11 is 0. The fourth-order valence-electron chi connectivity index (χ4n) is 3.48. The number of alkyl halides is 3. The Morgan fingerprint density at radius 1 is 1.16 bits per heavy atom. The van der Waals surface area contributed by atoms with E-state index in [4.69, 9.17) is 10.00 Å². The molecule has 3 rings (SSSR count). The van der Waals surface area contributed by atoms with Gasteiger partial charge in [0.15, 0.2) is 5.69 Å². The molecule has 2 aromatic rings. The number of hydrogen-bond acceptors (Lipinski definition) is 5. The van der Waals surface area contributed by atoms with Gasteiger partial charge >= 0.3 is 6.18 Å². The Balaban J connectivity index is 1.54. The van der Waals surface area contributed by atoms with Crippen molar-refractivity contribution in [1.82, 2.24) is 15.5 Å². The summed E-state index contributed by atoms with van der Waals surface area (Å²) in [5.41, 5.74) is -0.375. The summed E-state index contributed by atoms with van der Waals surface area (Å²) < 4.78 is 45.1. The molecular weight excluding hydrogens is 409 g/mol. The van der Waals surface area contributed by atoms with E-state index in [9.17, 15) is 18.0 Å². The molecule has 164 valence electrons. The monoisotopic (exact) mass is 432 g/mol. The Hall–Kier alpha value is -3.15. The zero-order valence-corrected chi connectivity index (χ0v) is 17.2. The highest BCUT2D eigenvalue weighted by Gasteiger charge is 2.34. The van der Waals surface area contributed by atoms with Crippen molar-refractivity contribution in [2.24, 2.45) is 0 Å². The number of amides is 1. The third-order valence-electron chi connectivity index (χ3n) is 5.24. The standard InChI is InChI=1S/C22H23F3N4O2/c1-13(2)19-9-10-20(29-28-19)21(30)27-15-4-7-16(8-5-15)31-17-6-3-14(12-26)18(11-17)22(23,24)25/h3,6,9-11,13,15-16H,4-5,7-8H2,1-2H3,(H,27,30)/t15-,16-. The molecule has 0 aliphatic heterocycles. The van der Waals surface area contributed by atoms with Crippen molar-refractivity contribution in [3.05, 3.63) is 52.8 Å². The second kappa shape index (κ2) is 9.33. The lowest BCUT2D eigenvalue weighted by Crippen LogP contribution is -2.40. The molecule has 1 saturated carbocycles. The highest BCUT2D eigenvalue weighted by molar-refractivity contribution is 5.92. The van der Waals surface area contributed by atoms with Gasteiger partial charge < -0.3 is 10.1 Å². The Morgan fingerprint density at radius 2 is 1.87 bits per heavy atom. The quantitative estimate of drug-likeness (QED) is 0.745. The molecule has 6 nitrogen and oxygen atoms in total. The normalized spacial score (nSPS) is 19.0. The summed E-state index contributed by atoms with van der Waals surface area (Å²) in [6, 6.07) is 8.28. The highest BCUT2D eigenvalue weighted by atomic mass is 19.4. The number of rotatable bonds is 5. The molecule has 1 heterocycles. The third-order valence-corrected chi connectivity index (χ3v) is 5.24. The summed E-state index contributed by atoms with van der Waals surface area (Å²) in [5.74, 6) is 0.0108. The molecule has 1 N–H and O–H groups in total. The zero-order chi connectivity index (χ0) is 22.6. The van der Waals surface area contributed by atoms with E-state index < -0.39 is 17.3 Å². The maximum Gasteiger partial charge on any atom is 0.417 e. The van der Waals surface area contributed by atoms with Gasteiger partial charge in [0.05, 0.1) is 29.0 Å². The van der Waals surface area contributed by atoms with Crippen molar-refractivity contribution in [2.45, 2.75) is 63.8 Å². The molecule has 0 radical (unpaired) electrons. The SMILES string of the molecule is CC(C)c1ccc(C(=O)N[C@H]2CC[C@H](Oc3ccc(C#N)c(C(F)(F)F)c3)CC2)nn1. The van der Waals surface area contributed by atoms with Crippen LogP contribution in [0, 0.1) is 11.3 Å². The minimum Gasteiger partial charge on any atom is -0.490 e. The van der Waals surface area contributed by atoms with Crippen LogP contribution in [0.15, 0.2) is 30.3 Å². The molecule has 1 amide bonds. The molecule has 0 saturated heterocycles. The van der Waals surface area contributed by atoms with Gasteiger partial charge in [0.25, 0.3) is 5.91 Å². The van der Waals surface area contributed by atoms with Gasteiger partial charge in [-0.15, -0.1) is 5.10 Å². The predicted molar refractivity (Wildman–Crippen MR) is 106 cm³/mol. The Kier molecular flexibility index (Phi) is 6.78. The molecule has 0 bridgehead atoms. The fraction of sp³-hybridized carbons (Fsp3) is 0.455. The molecule has 1 aliphatic carbocycles. The van der Waals surface area contributed by atoms with Gasteiger partial charge in [-0.2, -0.15) is 23.5 Å². The molecule has 31 heavy (non-hydrogen) atoms. The van der Waals surface area contributed by atoms with E-state index in [1.54, 1.807) is 18.2 Å². The maximum absolute atomic E-state index is 13.1. The molecule has 0 unspecified atom stereocenters. The summed E-state index contributed by atoms with van der Waals surface area (Å²) in [4.78, 5) is 12.4. The zero-order valence-electron chi connectivity index (χ0n) is 17.2. The number of benzene rings is 1. The van der Waals surface area contributed by atoms with Crippen LogP contribution >= 0.6 is 0 Å². The van der Waals surface area contributed by atoms with Crippen LogP contribution in [0.1, 0.15) is 72.8 Å². The minimum absolute atomic E-state index is 0.0642. The number of carbonyl (C=O) groups is 1. The van der Waals surface area contributed by atoms with Crippen LogP contribution in [0.3, 0.4) is 0 Å². The van der Waals surface area contributed by atoms with Crippen LogP contribution in [0.2, 0.25) is 0 Å². The second-order valence-electron chi connectivity index (χ2n) is 7.88. The molecule has 0 spiro atoms. The van der Waals surface area contributed by atoms with Crippen LogP contribution in [0.5, 0.6) is 5.75 Å². The number of aromatic nitrogens is 2. The fourth-order valence-corrected chi connectivity index (χ4v) is 3.48. The average molecular weight is 432 g/mol. The molecule has 1 fully saturated rings. The number of nitrogens with one attached hydrogen (secondary N) is 1. The van der Waals surface area contributed by atoms with Crippen LogP contribution in [-0.2, 0) is 6.18 Å². The van der Waals surface area contributed by atoms with E-state index in [0.29, 0.717) is 25.7 Å². The number of carbonyl (C=O) groups excluding carboxylic acids is 1. The van der Waals surface area contributed by atoms with E-state index in [1.165, 1.54) is 6.07 Å². The van der Waals surface area contributed by atoms with Crippen molar-refractivity contribution >= 4 is 5.91 Å². The van der Waals surface area contributed by atoms with Gasteiger partial charge in [-0.05, 0) is 61.9 Å². The van der Waals surface area contributed by atoms with Crippen LogP contribution in [-0.4, -0.2) is 28.3 Å². The maximum atomic E-state index is 13.1. The van der Waals surface area contributed by atoms with Crippen LogP contribution in [0.4, 0.5) is 13.2 Å². The smallest absolute Gasteiger partial charge is 0.417 e. The lowest BCUT2D eigenvalue weighted by molar-refractivity contribution is -0.137. The minimum atomic E-state index is -4.62. The Bertz CT molecular complexity index is 960. The van der Waals surface area contributed by atoms with E-state index in [1.807, 2.05) is 13.8 Å². The number of hydrogen-bond donors (Lipinski definition) is 1. The topological polar surface area (TPSA) is 87.9 Å². The Morgan fingerprint density at radius 3 is 2.42 bits per heavy atom. The van der Waals surface area contributed by atoms with E-state index >= 15 is 0 Å². The van der Waals surface area contributed by atoms with Gasteiger partial charge in [0, 0.05) is 6.04 Å².